The van der Waals surface area contributed by atoms with Crippen LogP contribution in [0.3, 0.4) is 0 Å². The summed E-state index contributed by atoms with van der Waals surface area (Å²) in [5, 5.41) is 20.4. The van der Waals surface area contributed by atoms with Gasteiger partial charge in [-0.25, -0.2) is 4.79 Å². The lowest BCUT2D eigenvalue weighted by molar-refractivity contribution is -0.136. The van der Waals surface area contributed by atoms with E-state index in [-0.39, 0.29) is 24.1 Å². The molecule has 1 amide bonds. The first-order chi connectivity index (χ1) is 11.5. The molecule has 0 aliphatic carbocycles. The van der Waals surface area contributed by atoms with Crippen molar-refractivity contribution in [3.8, 4) is 0 Å². The van der Waals surface area contributed by atoms with E-state index in [9.17, 15) is 14.4 Å². The predicted octanol–water partition coefficient (Wildman–Crippen LogP) is 2.33. The average molecular weight is 327 g/mol. The van der Waals surface area contributed by atoms with Crippen molar-refractivity contribution in [3.63, 3.8) is 0 Å². The van der Waals surface area contributed by atoms with E-state index in [0.29, 0.717) is 6.42 Å². The number of carbonyl (C=O) groups is 3. The molecule has 0 spiro atoms. The molecule has 0 heterocycles. The van der Waals surface area contributed by atoms with Crippen LogP contribution in [0, 0.1) is 0 Å². The Balaban J connectivity index is 1.97. The minimum absolute atomic E-state index is 0.0426. The predicted molar refractivity (Wildman–Crippen MR) is 87.0 cm³/mol. The van der Waals surface area contributed by atoms with Gasteiger partial charge in [0.15, 0.2) is 0 Å². The van der Waals surface area contributed by atoms with E-state index in [2.05, 4.69) is 5.32 Å². The summed E-state index contributed by atoms with van der Waals surface area (Å²) in [5.74, 6) is -2.45. The van der Waals surface area contributed by atoms with Crippen molar-refractivity contribution < 1.29 is 24.6 Å². The van der Waals surface area contributed by atoms with Crippen molar-refractivity contribution >= 4 is 17.8 Å². The van der Waals surface area contributed by atoms with Gasteiger partial charge in [0.05, 0.1) is 11.1 Å². The zero-order valence-electron chi connectivity index (χ0n) is 12.9. The van der Waals surface area contributed by atoms with Crippen LogP contribution in [-0.4, -0.2) is 28.1 Å². The van der Waals surface area contributed by atoms with Gasteiger partial charge in [0, 0.05) is 13.0 Å². The van der Waals surface area contributed by atoms with Crippen LogP contribution in [0.2, 0.25) is 0 Å². The molecule has 0 unspecified atom stereocenters. The Morgan fingerprint density at radius 3 is 2.00 bits per heavy atom. The van der Waals surface area contributed by atoms with Gasteiger partial charge in [-0.2, -0.15) is 0 Å². The highest BCUT2D eigenvalue weighted by molar-refractivity contribution is 6.04. The number of hydrogen-bond acceptors (Lipinski definition) is 3. The largest absolute Gasteiger partial charge is 0.481 e. The lowest BCUT2D eigenvalue weighted by Crippen LogP contribution is -2.24. The third-order valence-corrected chi connectivity index (χ3v) is 3.51. The number of hydrogen-bond donors (Lipinski definition) is 3. The number of rotatable bonds is 7. The van der Waals surface area contributed by atoms with Gasteiger partial charge in [0.25, 0.3) is 5.91 Å². The van der Waals surface area contributed by atoms with Crippen molar-refractivity contribution in [1.29, 1.82) is 0 Å². The van der Waals surface area contributed by atoms with E-state index < -0.39 is 17.8 Å². The second kappa shape index (κ2) is 7.92. The fourth-order valence-electron chi connectivity index (χ4n) is 2.22. The normalized spacial score (nSPS) is 10.2. The zero-order valence-corrected chi connectivity index (χ0v) is 12.9. The van der Waals surface area contributed by atoms with Gasteiger partial charge >= 0.3 is 11.9 Å². The number of carbonyl (C=O) groups excluding carboxylic acids is 1. The van der Waals surface area contributed by atoms with Crippen molar-refractivity contribution in [3.05, 3.63) is 70.8 Å². The molecule has 0 fully saturated rings. The molecular weight excluding hydrogens is 310 g/mol. The van der Waals surface area contributed by atoms with Crippen LogP contribution < -0.4 is 5.32 Å². The highest BCUT2D eigenvalue weighted by Crippen LogP contribution is 2.10. The van der Waals surface area contributed by atoms with E-state index >= 15 is 0 Å². The maximum absolute atomic E-state index is 12.1. The summed E-state index contributed by atoms with van der Waals surface area (Å²) in [5.41, 5.74) is 1.82. The molecule has 0 atom stereocenters. The van der Waals surface area contributed by atoms with Crippen LogP contribution in [-0.2, 0) is 17.8 Å². The number of aliphatic carboxylic acids is 1. The SMILES string of the molecule is O=C(O)CCc1ccc(CNC(=O)c2ccccc2C(=O)O)cc1. The second-order valence-electron chi connectivity index (χ2n) is 5.24. The summed E-state index contributed by atoms with van der Waals surface area (Å²) < 4.78 is 0. The molecule has 24 heavy (non-hydrogen) atoms. The summed E-state index contributed by atoms with van der Waals surface area (Å²) in [4.78, 5) is 33.8. The van der Waals surface area contributed by atoms with Gasteiger partial charge in [0.2, 0.25) is 0 Å². The van der Waals surface area contributed by atoms with Crippen LogP contribution in [0.15, 0.2) is 48.5 Å². The molecule has 0 aromatic heterocycles. The van der Waals surface area contributed by atoms with Crippen LogP contribution in [0.25, 0.3) is 0 Å². The quantitative estimate of drug-likeness (QED) is 0.724. The molecule has 0 saturated carbocycles. The van der Waals surface area contributed by atoms with Crippen molar-refractivity contribution in [1.82, 2.24) is 5.32 Å². The van der Waals surface area contributed by atoms with Gasteiger partial charge in [-0.3, -0.25) is 9.59 Å². The molecule has 2 rings (SSSR count). The number of nitrogens with one attached hydrogen (secondary N) is 1. The lowest BCUT2D eigenvalue weighted by Gasteiger charge is -2.08. The van der Waals surface area contributed by atoms with E-state index in [4.69, 9.17) is 10.2 Å². The first-order valence-corrected chi connectivity index (χ1v) is 7.37. The Kier molecular flexibility index (Phi) is 5.68. The second-order valence-corrected chi connectivity index (χ2v) is 5.24. The molecule has 6 nitrogen and oxygen atoms in total. The van der Waals surface area contributed by atoms with Gasteiger partial charge in [0.1, 0.15) is 0 Å². The Morgan fingerprint density at radius 1 is 0.833 bits per heavy atom. The highest BCUT2D eigenvalue weighted by atomic mass is 16.4. The van der Waals surface area contributed by atoms with E-state index in [1.165, 1.54) is 12.1 Å². The van der Waals surface area contributed by atoms with Crippen molar-refractivity contribution in [2.75, 3.05) is 0 Å². The summed E-state index contributed by atoms with van der Waals surface area (Å²) in [7, 11) is 0. The number of aryl methyl sites for hydroxylation is 1. The fraction of sp³-hybridized carbons (Fsp3) is 0.167. The maximum atomic E-state index is 12.1. The standard InChI is InChI=1S/C18H17NO5/c20-16(21)10-9-12-5-7-13(8-6-12)11-19-17(22)14-3-1-2-4-15(14)18(23)24/h1-8H,9-11H2,(H,19,22)(H,20,21)(H,23,24). The monoisotopic (exact) mass is 327 g/mol. The molecule has 0 bridgehead atoms. The zero-order chi connectivity index (χ0) is 17.5. The summed E-state index contributed by atoms with van der Waals surface area (Å²) in [6.45, 7) is 0.256. The summed E-state index contributed by atoms with van der Waals surface area (Å²) >= 11 is 0. The number of carboxylic acids is 2. The topological polar surface area (TPSA) is 104 Å². The molecule has 0 radical (unpaired) electrons. The molecule has 0 saturated heterocycles. The van der Waals surface area contributed by atoms with Gasteiger partial charge in [-0.05, 0) is 29.7 Å². The average Bonchev–Trinajstić information content (AvgIpc) is 2.58. The summed E-state index contributed by atoms with van der Waals surface area (Å²) in [6, 6.07) is 13.3. The Morgan fingerprint density at radius 2 is 1.42 bits per heavy atom. The molecular formula is C18H17NO5. The van der Waals surface area contributed by atoms with E-state index in [1.807, 2.05) is 12.1 Å². The summed E-state index contributed by atoms with van der Waals surface area (Å²) in [6.07, 6.45) is 0.524. The number of carboxylic acid groups (broad SMARTS) is 2. The molecule has 124 valence electrons. The Bertz CT molecular complexity index is 752. The minimum atomic E-state index is -1.15. The Hall–Kier alpha value is -3.15. The maximum Gasteiger partial charge on any atom is 0.336 e. The van der Waals surface area contributed by atoms with Crippen LogP contribution in [0.1, 0.15) is 38.3 Å². The molecule has 2 aromatic carbocycles. The van der Waals surface area contributed by atoms with E-state index in [0.717, 1.165) is 11.1 Å². The molecule has 0 aliphatic heterocycles. The lowest BCUT2D eigenvalue weighted by atomic mass is 10.1. The number of benzene rings is 2. The first-order valence-electron chi connectivity index (χ1n) is 7.37. The van der Waals surface area contributed by atoms with E-state index in [1.54, 1.807) is 24.3 Å². The minimum Gasteiger partial charge on any atom is -0.481 e. The third-order valence-electron chi connectivity index (χ3n) is 3.51. The Labute approximate surface area is 138 Å². The van der Waals surface area contributed by atoms with Gasteiger partial charge in [-0.1, -0.05) is 36.4 Å². The van der Waals surface area contributed by atoms with Gasteiger partial charge < -0.3 is 15.5 Å². The third kappa shape index (κ3) is 4.67. The van der Waals surface area contributed by atoms with Crippen LogP contribution in [0.4, 0.5) is 0 Å². The smallest absolute Gasteiger partial charge is 0.336 e. The van der Waals surface area contributed by atoms with Crippen LogP contribution in [0.5, 0.6) is 0 Å². The van der Waals surface area contributed by atoms with Crippen LogP contribution >= 0.6 is 0 Å². The molecule has 6 heteroatoms. The van der Waals surface area contributed by atoms with Crippen molar-refractivity contribution in [2.45, 2.75) is 19.4 Å². The molecule has 3 N–H and O–H groups in total. The van der Waals surface area contributed by atoms with Crippen molar-refractivity contribution in [2.24, 2.45) is 0 Å². The number of amides is 1. The molecule has 2 aromatic rings. The fourth-order valence-corrected chi connectivity index (χ4v) is 2.22. The molecule has 0 aliphatic rings. The van der Waals surface area contributed by atoms with Gasteiger partial charge in [-0.15, -0.1) is 0 Å². The first kappa shape index (κ1) is 17.2. The highest BCUT2D eigenvalue weighted by Gasteiger charge is 2.15. The number of aromatic carboxylic acids is 1.